The first kappa shape index (κ1) is 17.0. The minimum Gasteiger partial charge on any atom is -0.354 e. The molecule has 0 radical (unpaired) electrons. The molecule has 4 nitrogen and oxygen atoms in total. The van der Waals surface area contributed by atoms with Gasteiger partial charge in [0.1, 0.15) is 0 Å². The van der Waals surface area contributed by atoms with Crippen LogP contribution in [-0.2, 0) is 4.79 Å². The first-order valence-corrected chi connectivity index (χ1v) is 8.12. The number of hydrogen-bond donors (Lipinski definition) is 3. The first-order chi connectivity index (χ1) is 7.78. The Morgan fingerprint density at radius 3 is 2.00 bits per heavy atom. The third kappa shape index (κ3) is 4.63. The summed E-state index contributed by atoms with van der Waals surface area (Å²) in [7, 11) is -3.88. The lowest BCUT2D eigenvalue weighted by atomic mass is 10.1. The fourth-order valence-corrected chi connectivity index (χ4v) is 3.87. The SMILES string of the molecule is CCCC(C)C(=O)[P+](O)(O)C(O)C(C)CCC. The second-order valence-electron chi connectivity index (χ2n) is 4.86. The van der Waals surface area contributed by atoms with E-state index in [4.69, 9.17) is 0 Å². The molecule has 0 saturated heterocycles. The zero-order valence-electron chi connectivity index (χ0n) is 11.3. The molecule has 0 amide bonds. The van der Waals surface area contributed by atoms with Gasteiger partial charge in [-0.2, -0.15) is 0 Å². The van der Waals surface area contributed by atoms with Gasteiger partial charge in [0.2, 0.25) is 5.85 Å². The van der Waals surface area contributed by atoms with Gasteiger partial charge in [-0.3, -0.25) is 0 Å². The van der Waals surface area contributed by atoms with E-state index in [1.54, 1.807) is 13.8 Å². The molecule has 17 heavy (non-hydrogen) atoms. The predicted molar refractivity (Wildman–Crippen MR) is 70.5 cm³/mol. The van der Waals surface area contributed by atoms with Gasteiger partial charge >= 0.3 is 13.2 Å². The van der Waals surface area contributed by atoms with Gasteiger partial charge in [-0.05, 0) is 12.8 Å². The zero-order chi connectivity index (χ0) is 13.6. The maximum atomic E-state index is 11.9. The van der Waals surface area contributed by atoms with Crippen LogP contribution < -0.4 is 0 Å². The third-order valence-electron chi connectivity index (χ3n) is 3.09. The van der Waals surface area contributed by atoms with Crippen molar-refractivity contribution in [3.05, 3.63) is 0 Å². The van der Waals surface area contributed by atoms with Gasteiger partial charge in [0, 0.05) is 5.92 Å². The largest absolute Gasteiger partial charge is 0.367 e. The molecule has 0 saturated carbocycles. The molecule has 0 fully saturated rings. The van der Waals surface area contributed by atoms with Crippen LogP contribution in [0.2, 0.25) is 0 Å². The van der Waals surface area contributed by atoms with Crippen LogP contribution in [0.4, 0.5) is 0 Å². The van der Waals surface area contributed by atoms with Crippen LogP contribution in [0.25, 0.3) is 0 Å². The van der Waals surface area contributed by atoms with Crippen LogP contribution >= 0.6 is 7.72 Å². The Labute approximate surface area is 105 Å². The zero-order valence-corrected chi connectivity index (χ0v) is 12.2. The number of rotatable bonds is 8. The summed E-state index contributed by atoms with van der Waals surface area (Å²) in [5.74, 6) is -1.97. The van der Waals surface area contributed by atoms with E-state index in [2.05, 4.69) is 0 Å². The van der Waals surface area contributed by atoms with Crippen molar-refractivity contribution in [2.24, 2.45) is 11.8 Å². The van der Waals surface area contributed by atoms with Crippen molar-refractivity contribution in [1.82, 2.24) is 0 Å². The average Bonchev–Trinajstić information content (AvgIpc) is 2.27. The first-order valence-electron chi connectivity index (χ1n) is 6.35. The Hall–Kier alpha value is -0.0200. The highest BCUT2D eigenvalue weighted by Gasteiger charge is 2.55. The standard InChI is InChI=1S/C12H26O4P/c1-5-7-9(3)11(13)17(15,16)12(14)10(4)8-6-2/h9-11,13,15-16H,5-8H2,1-4H3/q+1. The molecule has 0 aliphatic rings. The fourth-order valence-electron chi connectivity index (χ4n) is 1.97. The molecular formula is C12H26O4P+. The highest BCUT2D eigenvalue weighted by atomic mass is 31.2. The van der Waals surface area contributed by atoms with Gasteiger partial charge in [-0.15, -0.1) is 0 Å². The van der Waals surface area contributed by atoms with Crippen molar-refractivity contribution < 1.29 is 19.7 Å². The van der Waals surface area contributed by atoms with E-state index >= 15 is 0 Å². The average molecular weight is 265 g/mol. The van der Waals surface area contributed by atoms with Crippen LogP contribution in [-0.4, -0.2) is 26.3 Å². The molecule has 0 bridgehead atoms. The van der Waals surface area contributed by atoms with Gasteiger partial charge in [-0.25, -0.2) is 14.6 Å². The minimum absolute atomic E-state index is 0.263. The van der Waals surface area contributed by atoms with E-state index in [0.717, 1.165) is 12.8 Å². The molecule has 0 aromatic carbocycles. The van der Waals surface area contributed by atoms with Crippen LogP contribution in [0.5, 0.6) is 0 Å². The highest BCUT2D eigenvalue weighted by molar-refractivity contribution is 7.81. The Kier molecular flexibility index (Phi) is 7.41. The van der Waals surface area contributed by atoms with Crippen molar-refractivity contribution in [2.75, 3.05) is 0 Å². The number of carbonyl (C=O) groups excluding carboxylic acids is 1. The van der Waals surface area contributed by atoms with E-state index in [1.807, 2.05) is 13.8 Å². The quantitative estimate of drug-likeness (QED) is 0.589. The summed E-state index contributed by atoms with van der Waals surface area (Å²) in [5, 5.41) is 9.89. The predicted octanol–water partition coefficient (Wildman–Crippen LogP) is 2.54. The lowest BCUT2D eigenvalue weighted by Gasteiger charge is -2.23. The Morgan fingerprint density at radius 1 is 1.12 bits per heavy atom. The molecule has 102 valence electrons. The summed E-state index contributed by atoms with van der Waals surface area (Å²) < 4.78 is 0. The molecule has 0 aromatic rings. The van der Waals surface area contributed by atoms with Crippen LogP contribution in [0.3, 0.4) is 0 Å². The number of aliphatic hydroxyl groups is 1. The topological polar surface area (TPSA) is 77.8 Å². The van der Waals surface area contributed by atoms with Crippen LogP contribution in [0, 0.1) is 11.8 Å². The van der Waals surface area contributed by atoms with Crippen molar-refractivity contribution in [3.63, 3.8) is 0 Å². The summed E-state index contributed by atoms with van der Waals surface area (Å²) >= 11 is 0. The molecular weight excluding hydrogens is 239 g/mol. The van der Waals surface area contributed by atoms with Crippen molar-refractivity contribution in [2.45, 2.75) is 59.2 Å². The fraction of sp³-hybridized carbons (Fsp3) is 0.917. The van der Waals surface area contributed by atoms with Gasteiger partial charge in [0.25, 0.3) is 0 Å². The number of carbonyl (C=O) groups is 1. The Morgan fingerprint density at radius 2 is 1.59 bits per heavy atom. The molecule has 0 rings (SSSR count). The lowest BCUT2D eigenvalue weighted by Crippen LogP contribution is -2.29. The summed E-state index contributed by atoms with van der Waals surface area (Å²) in [6, 6.07) is 0. The lowest BCUT2D eigenvalue weighted by molar-refractivity contribution is -0.116. The molecule has 5 heteroatoms. The summed E-state index contributed by atoms with van der Waals surface area (Å²) in [5.41, 5.74) is -0.574. The highest BCUT2D eigenvalue weighted by Crippen LogP contribution is 2.59. The van der Waals surface area contributed by atoms with Gasteiger partial charge in [0.15, 0.2) is 0 Å². The molecule has 3 atom stereocenters. The third-order valence-corrected chi connectivity index (χ3v) is 5.43. The van der Waals surface area contributed by atoms with E-state index in [1.165, 1.54) is 0 Å². The maximum Gasteiger partial charge on any atom is 0.367 e. The van der Waals surface area contributed by atoms with E-state index in [0.29, 0.717) is 12.8 Å². The number of aliphatic hydroxyl groups excluding tert-OH is 1. The smallest absolute Gasteiger partial charge is 0.354 e. The maximum absolute atomic E-state index is 11.9. The van der Waals surface area contributed by atoms with E-state index < -0.39 is 25.0 Å². The monoisotopic (exact) mass is 265 g/mol. The summed E-state index contributed by atoms with van der Waals surface area (Å²) in [6.45, 7) is 7.33. The van der Waals surface area contributed by atoms with E-state index in [9.17, 15) is 19.7 Å². The van der Waals surface area contributed by atoms with Gasteiger partial charge in [0.05, 0.1) is 5.92 Å². The summed E-state index contributed by atoms with van der Waals surface area (Å²) in [6.07, 6.45) is 2.96. The van der Waals surface area contributed by atoms with Gasteiger partial charge in [-0.1, -0.05) is 40.5 Å². The molecule has 0 aliphatic heterocycles. The molecule has 0 heterocycles. The Balaban J connectivity index is 4.68. The molecule has 3 N–H and O–H groups in total. The van der Waals surface area contributed by atoms with Crippen LogP contribution in [0.15, 0.2) is 0 Å². The normalized spacial score (nSPS) is 17.6. The molecule has 0 spiro atoms. The van der Waals surface area contributed by atoms with Gasteiger partial charge < -0.3 is 5.11 Å². The number of hydrogen-bond acceptors (Lipinski definition) is 4. The van der Waals surface area contributed by atoms with Crippen molar-refractivity contribution >= 4 is 13.2 Å². The molecule has 0 aliphatic carbocycles. The second-order valence-corrected chi connectivity index (χ2v) is 7.13. The van der Waals surface area contributed by atoms with Crippen molar-refractivity contribution in [1.29, 1.82) is 0 Å². The molecule has 0 aromatic heterocycles. The van der Waals surface area contributed by atoms with E-state index in [-0.39, 0.29) is 5.92 Å². The summed E-state index contributed by atoms with van der Waals surface area (Å²) in [4.78, 5) is 31.7. The van der Waals surface area contributed by atoms with Crippen LogP contribution in [0.1, 0.15) is 53.4 Å². The molecule has 3 unspecified atom stereocenters. The van der Waals surface area contributed by atoms with Crippen molar-refractivity contribution in [3.8, 4) is 0 Å². The Bertz CT molecular complexity index is 243. The second kappa shape index (κ2) is 7.42. The minimum atomic E-state index is -3.88.